The van der Waals surface area contributed by atoms with Crippen LogP contribution in [0, 0.1) is 0 Å². The smallest absolute Gasteiger partial charge is 0.203 e. The van der Waals surface area contributed by atoms with Gasteiger partial charge in [0.15, 0.2) is 0 Å². The summed E-state index contributed by atoms with van der Waals surface area (Å²) in [6.45, 7) is 2.93. The lowest BCUT2D eigenvalue weighted by Crippen LogP contribution is -2.05. The van der Waals surface area contributed by atoms with Crippen LogP contribution in [0.2, 0.25) is 0 Å². The Bertz CT molecular complexity index is 789. The average Bonchev–Trinajstić information content (AvgIpc) is 3.01. The molecule has 0 spiro atoms. The van der Waals surface area contributed by atoms with Gasteiger partial charge in [-0.3, -0.25) is 0 Å². The number of rotatable bonds is 6. The second kappa shape index (κ2) is 7.21. The SMILES string of the molecule is CCc1ccc(CNc2ncc(-c3ccc(OC)cc3)n2C)cc1. The molecule has 0 aliphatic heterocycles. The summed E-state index contributed by atoms with van der Waals surface area (Å²) in [5, 5.41) is 3.41. The van der Waals surface area contributed by atoms with Gasteiger partial charge in [-0.2, -0.15) is 0 Å². The van der Waals surface area contributed by atoms with Crippen LogP contribution in [0.25, 0.3) is 11.3 Å². The van der Waals surface area contributed by atoms with E-state index in [1.807, 2.05) is 37.5 Å². The molecule has 0 aliphatic rings. The summed E-state index contributed by atoms with van der Waals surface area (Å²) in [4.78, 5) is 4.50. The Balaban J connectivity index is 1.71. The topological polar surface area (TPSA) is 39.1 Å². The Morgan fingerprint density at radius 2 is 1.67 bits per heavy atom. The number of aryl methyl sites for hydroxylation is 1. The fourth-order valence-electron chi connectivity index (χ4n) is 2.68. The molecule has 0 amide bonds. The first kappa shape index (κ1) is 16.1. The van der Waals surface area contributed by atoms with Crippen molar-refractivity contribution in [1.82, 2.24) is 9.55 Å². The number of methoxy groups -OCH3 is 1. The third-order valence-corrected chi connectivity index (χ3v) is 4.26. The number of aromatic nitrogens is 2. The van der Waals surface area contributed by atoms with Crippen LogP contribution in [0.15, 0.2) is 54.7 Å². The monoisotopic (exact) mass is 321 g/mol. The van der Waals surface area contributed by atoms with Gasteiger partial charge in [-0.05, 0) is 41.8 Å². The van der Waals surface area contributed by atoms with Gasteiger partial charge in [0.1, 0.15) is 5.75 Å². The van der Waals surface area contributed by atoms with E-state index in [9.17, 15) is 0 Å². The highest BCUT2D eigenvalue weighted by Gasteiger charge is 2.08. The molecule has 0 atom stereocenters. The van der Waals surface area contributed by atoms with E-state index in [2.05, 4.69) is 46.1 Å². The van der Waals surface area contributed by atoms with Crippen molar-refractivity contribution in [1.29, 1.82) is 0 Å². The molecule has 0 unspecified atom stereocenters. The van der Waals surface area contributed by atoms with Crippen molar-refractivity contribution < 1.29 is 4.74 Å². The lowest BCUT2D eigenvalue weighted by atomic mass is 10.1. The Morgan fingerprint density at radius 1 is 1.00 bits per heavy atom. The number of imidazole rings is 1. The molecular weight excluding hydrogens is 298 g/mol. The van der Waals surface area contributed by atoms with Crippen molar-refractivity contribution in [2.75, 3.05) is 12.4 Å². The van der Waals surface area contributed by atoms with Crippen LogP contribution in [0.4, 0.5) is 5.95 Å². The van der Waals surface area contributed by atoms with Gasteiger partial charge < -0.3 is 14.6 Å². The third kappa shape index (κ3) is 3.43. The molecule has 2 aromatic carbocycles. The summed E-state index contributed by atoms with van der Waals surface area (Å²) < 4.78 is 7.28. The molecule has 0 saturated carbocycles. The van der Waals surface area contributed by atoms with Crippen LogP contribution in [-0.4, -0.2) is 16.7 Å². The average molecular weight is 321 g/mol. The van der Waals surface area contributed by atoms with Crippen LogP contribution in [0.1, 0.15) is 18.1 Å². The number of nitrogens with one attached hydrogen (secondary N) is 1. The first-order chi connectivity index (χ1) is 11.7. The van der Waals surface area contributed by atoms with Crippen LogP contribution in [0.5, 0.6) is 5.75 Å². The molecule has 1 heterocycles. The van der Waals surface area contributed by atoms with E-state index in [1.165, 1.54) is 11.1 Å². The Morgan fingerprint density at radius 3 is 2.29 bits per heavy atom. The van der Waals surface area contributed by atoms with Gasteiger partial charge in [0.25, 0.3) is 0 Å². The van der Waals surface area contributed by atoms with E-state index < -0.39 is 0 Å². The normalized spacial score (nSPS) is 10.6. The van der Waals surface area contributed by atoms with Crippen molar-refractivity contribution in [2.24, 2.45) is 7.05 Å². The van der Waals surface area contributed by atoms with E-state index >= 15 is 0 Å². The molecule has 4 nitrogen and oxygen atoms in total. The van der Waals surface area contributed by atoms with Crippen LogP contribution in [-0.2, 0) is 20.0 Å². The molecule has 1 aromatic heterocycles. The molecule has 124 valence electrons. The zero-order valence-electron chi connectivity index (χ0n) is 14.4. The van der Waals surface area contributed by atoms with Gasteiger partial charge in [-0.1, -0.05) is 31.2 Å². The van der Waals surface area contributed by atoms with Gasteiger partial charge >= 0.3 is 0 Å². The fraction of sp³-hybridized carbons (Fsp3) is 0.250. The largest absolute Gasteiger partial charge is 0.497 e. The number of anilines is 1. The number of hydrogen-bond acceptors (Lipinski definition) is 3. The van der Waals surface area contributed by atoms with E-state index in [1.54, 1.807) is 7.11 Å². The first-order valence-corrected chi connectivity index (χ1v) is 8.19. The summed E-state index contributed by atoms with van der Waals surface area (Å²) in [6, 6.07) is 16.7. The first-order valence-electron chi connectivity index (χ1n) is 8.19. The summed E-state index contributed by atoms with van der Waals surface area (Å²) in [5.41, 5.74) is 4.80. The second-order valence-electron chi connectivity index (χ2n) is 5.78. The quantitative estimate of drug-likeness (QED) is 0.737. The highest BCUT2D eigenvalue weighted by atomic mass is 16.5. The maximum absolute atomic E-state index is 5.21. The van der Waals surface area contributed by atoms with Crippen molar-refractivity contribution in [3.05, 3.63) is 65.9 Å². The molecule has 0 radical (unpaired) electrons. The van der Waals surface area contributed by atoms with E-state index in [0.717, 1.165) is 35.9 Å². The summed E-state index contributed by atoms with van der Waals surface area (Å²) in [7, 11) is 3.70. The molecule has 0 fully saturated rings. The summed E-state index contributed by atoms with van der Waals surface area (Å²) in [5.74, 6) is 1.72. The number of benzene rings is 2. The minimum Gasteiger partial charge on any atom is -0.497 e. The maximum atomic E-state index is 5.21. The summed E-state index contributed by atoms with van der Waals surface area (Å²) >= 11 is 0. The predicted molar refractivity (Wildman–Crippen MR) is 98.3 cm³/mol. The zero-order valence-corrected chi connectivity index (χ0v) is 14.4. The molecule has 24 heavy (non-hydrogen) atoms. The van der Waals surface area contributed by atoms with Gasteiger partial charge in [-0.25, -0.2) is 4.98 Å². The molecule has 0 bridgehead atoms. The Hall–Kier alpha value is -2.75. The molecule has 3 rings (SSSR count). The lowest BCUT2D eigenvalue weighted by molar-refractivity contribution is 0.415. The van der Waals surface area contributed by atoms with Gasteiger partial charge in [-0.15, -0.1) is 0 Å². The standard InChI is InChI=1S/C20H23N3O/c1-4-15-5-7-16(8-6-15)13-21-20-22-14-19(23(20)2)17-9-11-18(24-3)12-10-17/h5-12,14H,4,13H2,1-3H3,(H,21,22). The van der Waals surface area contributed by atoms with E-state index in [4.69, 9.17) is 4.74 Å². The lowest BCUT2D eigenvalue weighted by Gasteiger charge is -2.09. The minimum absolute atomic E-state index is 0.761. The molecule has 4 heteroatoms. The molecule has 0 aliphatic carbocycles. The highest BCUT2D eigenvalue weighted by Crippen LogP contribution is 2.24. The predicted octanol–water partition coefficient (Wildman–Crippen LogP) is 4.27. The van der Waals surface area contributed by atoms with Crippen molar-refractivity contribution in [2.45, 2.75) is 19.9 Å². The van der Waals surface area contributed by atoms with Crippen molar-refractivity contribution in [3.63, 3.8) is 0 Å². The van der Waals surface area contributed by atoms with Gasteiger partial charge in [0.05, 0.1) is 19.0 Å². The Labute approximate surface area is 143 Å². The Kier molecular flexibility index (Phi) is 4.85. The molecular formula is C20H23N3O. The van der Waals surface area contributed by atoms with E-state index in [0.29, 0.717) is 0 Å². The molecule has 1 N–H and O–H groups in total. The number of nitrogens with zero attached hydrogens (tertiary/aromatic N) is 2. The number of hydrogen-bond donors (Lipinski definition) is 1. The number of ether oxygens (including phenoxy) is 1. The molecule has 0 saturated heterocycles. The third-order valence-electron chi connectivity index (χ3n) is 4.26. The summed E-state index contributed by atoms with van der Waals surface area (Å²) in [6.07, 6.45) is 2.96. The van der Waals surface area contributed by atoms with Crippen LogP contribution < -0.4 is 10.1 Å². The van der Waals surface area contributed by atoms with Crippen molar-refractivity contribution in [3.8, 4) is 17.0 Å². The van der Waals surface area contributed by atoms with E-state index in [-0.39, 0.29) is 0 Å². The zero-order chi connectivity index (χ0) is 16.9. The van der Waals surface area contributed by atoms with Crippen molar-refractivity contribution >= 4 is 5.95 Å². The van der Waals surface area contributed by atoms with Crippen LogP contribution in [0.3, 0.4) is 0 Å². The highest BCUT2D eigenvalue weighted by molar-refractivity contribution is 5.62. The maximum Gasteiger partial charge on any atom is 0.203 e. The van der Waals surface area contributed by atoms with Gasteiger partial charge in [0.2, 0.25) is 5.95 Å². The second-order valence-corrected chi connectivity index (χ2v) is 5.78. The van der Waals surface area contributed by atoms with Gasteiger partial charge in [0, 0.05) is 19.2 Å². The fourth-order valence-corrected chi connectivity index (χ4v) is 2.68. The molecule has 3 aromatic rings. The minimum atomic E-state index is 0.761. The van der Waals surface area contributed by atoms with Crippen LogP contribution >= 0.6 is 0 Å².